The Balaban J connectivity index is 1.94. The van der Waals surface area contributed by atoms with Gasteiger partial charge in [0.25, 0.3) is 0 Å². The van der Waals surface area contributed by atoms with Crippen LogP contribution in [-0.4, -0.2) is 11.0 Å². The van der Waals surface area contributed by atoms with Gasteiger partial charge in [0.15, 0.2) is 0 Å². The first kappa shape index (κ1) is 14.6. The molecular formula is C17H25N3. The topological polar surface area (TPSA) is 50.9 Å². The molecule has 1 aromatic heterocycles. The lowest BCUT2D eigenvalue weighted by molar-refractivity contribution is 0.593. The molecule has 0 aliphatic heterocycles. The summed E-state index contributed by atoms with van der Waals surface area (Å²) in [6.07, 6.45) is 6.43. The van der Waals surface area contributed by atoms with E-state index in [1.165, 1.54) is 32.1 Å². The Morgan fingerprint density at radius 2 is 2.00 bits per heavy atom. The van der Waals surface area contributed by atoms with Crippen LogP contribution in [0.2, 0.25) is 0 Å². The van der Waals surface area contributed by atoms with Crippen molar-refractivity contribution in [1.82, 2.24) is 4.98 Å². The van der Waals surface area contributed by atoms with Gasteiger partial charge in [0.05, 0.1) is 5.52 Å². The summed E-state index contributed by atoms with van der Waals surface area (Å²) in [5, 5.41) is 4.57. The third kappa shape index (κ3) is 4.12. The molecule has 0 aliphatic carbocycles. The maximum atomic E-state index is 5.78. The van der Waals surface area contributed by atoms with E-state index in [0.717, 1.165) is 22.4 Å². The van der Waals surface area contributed by atoms with Crippen LogP contribution < -0.4 is 11.1 Å². The van der Waals surface area contributed by atoms with E-state index in [-0.39, 0.29) is 0 Å². The molecule has 2 aromatic rings. The van der Waals surface area contributed by atoms with Gasteiger partial charge in [-0.2, -0.15) is 0 Å². The predicted octanol–water partition coefficient (Wildman–Crippen LogP) is 4.59. The van der Waals surface area contributed by atoms with Gasteiger partial charge in [0.1, 0.15) is 5.82 Å². The summed E-state index contributed by atoms with van der Waals surface area (Å²) in [5.41, 5.74) is 7.55. The minimum absolute atomic E-state index is 0.464. The van der Waals surface area contributed by atoms with Crippen LogP contribution in [0.1, 0.15) is 46.0 Å². The number of anilines is 2. The molecule has 3 nitrogen and oxygen atoms in total. The Bertz CT molecular complexity index is 551. The van der Waals surface area contributed by atoms with Crippen LogP contribution in [0.25, 0.3) is 10.9 Å². The second-order valence-electron chi connectivity index (χ2n) is 5.54. The molecule has 2 rings (SSSR count). The van der Waals surface area contributed by atoms with Gasteiger partial charge in [0.2, 0.25) is 0 Å². The van der Waals surface area contributed by atoms with Crippen molar-refractivity contribution in [2.45, 2.75) is 52.0 Å². The number of hydrogen-bond donors (Lipinski definition) is 2. The number of nitrogens with zero attached hydrogens (tertiary/aromatic N) is 1. The van der Waals surface area contributed by atoms with Gasteiger partial charge in [-0.15, -0.1) is 0 Å². The number of pyridine rings is 1. The van der Waals surface area contributed by atoms with Crippen LogP contribution in [0.15, 0.2) is 30.3 Å². The zero-order valence-electron chi connectivity index (χ0n) is 12.5. The lowest BCUT2D eigenvalue weighted by Gasteiger charge is -2.14. The molecule has 1 heterocycles. The van der Waals surface area contributed by atoms with Crippen LogP contribution in [0, 0.1) is 0 Å². The number of nitrogen functional groups attached to an aromatic ring is 1. The summed E-state index contributed by atoms with van der Waals surface area (Å²) in [4.78, 5) is 4.63. The number of hydrogen-bond acceptors (Lipinski definition) is 3. The van der Waals surface area contributed by atoms with Gasteiger partial charge in [-0.1, -0.05) is 32.6 Å². The number of unbranched alkanes of at least 4 members (excludes halogenated alkanes) is 3. The van der Waals surface area contributed by atoms with Crippen molar-refractivity contribution in [2.75, 3.05) is 11.1 Å². The van der Waals surface area contributed by atoms with Crippen molar-refractivity contribution in [3.05, 3.63) is 30.3 Å². The molecule has 108 valence electrons. The summed E-state index contributed by atoms with van der Waals surface area (Å²) in [7, 11) is 0. The van der Waals surface area contributed by atoms with Crippen molar-refractivity contribution in [3.8, 4) is 0 Å². The largest absolute Gasteiger partial charge is 0.399 e. The van der Waals surface area contributed by atoms with E-state index in [0.29, 0.717) is 6.04 Å². The van der Waals surface area contributed by atoms with Gasteiger partial charge >= 0.3 is 0 Å². The molecule has 0 saturated carbocycles. The molecule has 0 aliphatic rings. The van der Waals surface area contributed by atoms with Gasteiger partial charge < -0.3 is 11.1 Å². The van der Waals surface area contributed by atoms with E-state index in [9.17, 15) is 0 Å². The molecule has 0 radical (unpaired) electrons. The Hall–Kier alpha value is -1.77. The lowest BCUT2D eigenvalue weighted by Crippen LogP contribution is -2.15. The Morgan fingerprint density at radius 1 is 1.15 bits per heavy atom. The summed E-state index contributed by atoms with van der Waals surface area (Å²) in [6.45, 7) is 4.47. The Labute approximate surface area is 121 Å². The molecule has 1 aromatic carbocycles. The SMILES string of the molecule is CCCCCCC(C)Nc1ccc2cc(N)ccc2n1. The quantitative estimate of drug-likeness (QED) is 0.572. The predicted molar refractivity (Wildman–Crippen MR) is 88.0 cm³/mol. The summed E-state index contributed by atoms with van der Waals surface area (Å²) < 4.78 is 0. The number of nitrogens with one attached hydrogen (secondary N) is 1. The van der Waals surface area contributed by atoms with E-state index >= 15 is 0 Å². The molecule has 1 unspecified atom stereocenters. The fourth-order valence-electron chi connectivity index (χ4n) is 2.43. The van der Waals surface area contributed by atoms with Crippen molar-refractivity contribution >= 4 is 22.4 Å². The molecule has 0 spiro atoms. The van der Waals surface area contributed by atoms with E-state index in [4.69, 9.17) is 5.73 Å². The van der Waals surface area contributed by atoms with E-state index < -0.39 is 0 Å². The zero-order valence-corrected chi connectivity index (χ0v) is 12.5. The fraction of sp³-hybridized carbons (Fsp3) is 0.471. The smallest absolute Gasteiger partial charge is 0.126 e. The highest BCUT2D eigenvalue weighted by atomic mass is 15.0. The molecule has 0 amide bonds. The highest BCUT2D eigenvalue weighted by Gasteiger charge is 2.04. The second kappa shape index (κ2) is 7.13. The fourth-order valence-corrected chi connectivity index (χ4v) is 2.43. The first-order valence-electron chi connectivity index (χ1n) is 7.62. The normalized spacial score (nSPS) is 12.5. The van der Waals surface area contributed by atoms with E-state index in [2.05, 4.69) is 30.2 Å². The molecule has 20 heavy (non-hydrogen) atoms. The summed E-state index contributed by atoms with van der Waals surface area (Å²) in [6, 6.07) is 10.4. The number of benzene rings is 1. The van der Waals surface area contributed by atoms with Crippen molar-refractivity contribution in [1.29, 1.82) is 0 Å². The number of nitrogens with two attached hydrogens (primary N) is 1. The first-order valence-corrected chi connectivity index (χ1v) is 7.62. The molecule has 0 fully saturated rings. The van der Waals surface area contributed by atoms with Crippen molar-refractivity contribution in [2.24, 2.45) is 0 Å². The standard InChI is InChI=1S/C17H25N3/c1-3-4-5-6-7-13(2)19-17-11-8-14-12-15(18)9-10-16(14)20-17/h8-13H,3-7,18H2,1-2H3,(H,19,20). The molecule has 1 atom stereocenters. The van der Waals surface area contributed by atoms with Crippen molar-refractivity contribution < 1.29 is 0 Å². The molecule has 0 saturated heterocycles. The van der Waals surface area contributed by atoms with E-state index in [1.54, 1.807) is 0 Å². The van der Waals surface area contributed by atoms with Gasteiger partial charge in [-0.05, 0) is 43.7 Å². The maximum Gasteiger partial charge on any atom is 0.126 e. The average Bonchev–Trinajstić information content (AvgIpc) is 2.44. The molecule has 0 bridgehead atoms. The van der Waals surface area contributed by atoms with Crippen LogP contribution in [0.5, 0.6) is 0 Å². The Kier molecular flexibility index (Phi) is 5.22. The first-order chi connectivity index (χ1) is 9.69. The molecule has 3 N–H and O–H groups in total. The number of fused-ring (bicyclic) bond motifs is 1. The number of aromatic nitrogens is 1. The van der Waals surface area contributed by atoms with E-state index in [1.807, 2.05) is 24.3 Å². The zero-order chi connectivity index (χ0) is 14.4. The Morgan fingerprint density at radius 3 is 2.80 bits per heavy atom. The van der Waals surface area contributed by atoms with Gasteiger partial charge in [0, 0.05) is 17.1 Å². The monoisotopic (exact) mass is 271 g/mol. The van der Waals surface area contributed by atoms with Crippen LogP contribution in [-0.2, 0) is 0 Å². The minimum Gasteiger partial charge on any atom is -0.399 e. The average molecular weight is 271 g/mol. The third-order valence-corrected chi connectivity index (χ3v) is 3.60. The minimum atomic E-state index is 0.464. The van der Waals surface area contributed by atoms with Gasteiger partial charge in [-0.25, -0.2) is 4.98 Å². The van der Waals surface area contributed by atoms with Crippen LogP contribution in [0.3, 0.4) is 0 Å². The summed E-state index contributed by atoms with van der Waals surface area (Å²) in [5.74, 6) is 0.949. The van der Waals surface area contributed by atoms with Crippen molar-refractivity contribution in [3.63, 3.8) is 0 Å². The number of rotatable bonds is 7. The summed E-state index contributed by atoms with van der Waals surface area (Å²) >= 11 is 0. The van der Waals surface area contributed by atoms with Gasteiger partial charge in [-0.3, -0.25) is 0 Å². The maximum absolute atomic E-state index is 5.78. The van der Waals surface area contributed by atoms with Crippen LogP contribution in [0.4, 0.5) is 11.5 Å². The molecular weight excluding hydrogens is 246 g/mol. The van der Waals surface area contributed by atoms with Crippen LogP contribution >= 0.6 is 0 Å². The third-order valence-electron chi connectivity index (χ3n) is 3.60. The lowest BCUT2D eigenvalue weighted by atomic mass is 10.1. The second-order valence-corrected chi connectivity index (χ2v) is 5.54. The highest BCUT2D eigenvalue weighted by molar-refractivity contribution is 5.83. The molecule has 3 heteroatoms. The highest BCUT2D eigenvalue weighted by Crippen LogP contribution is 2.19.